The van der Waals surface area contributed by atoms with Gasteiger partial charge in [-0.2, -0.15) is 0 Å². The molecule has 3 fully saturated rings. The third kappa shape index (κ3) is 4.71. The highest BCUT2D eigenvalue weighted by molar-refractivity contribution is 5.87. The number of likely N-dealkylation sites (N-methyl/N-ethyl adjacent to an activating group) is 1. The molecule has 4 aliphatic rings. The summed E-state index contributed by atoms with van der Waals surface area (Å²) < 4.78 is 11.8. The average Bonchev–Trinajstić information content (AvgIpc) is 3.09. The van der Waals surface area contributed by atoms with Crippen LogP contribution in [-0.4, -0.2) is 87.6 Å². The summed E-state index contributed by atoms with van der Waals surface area (Å²) >= 11 is 0. The van der Waals surface area contributed by atoms with Gasteiger partial charge in [0.1, 0.15) is 29.0 Å². The maximum absolute atomic E-state index is 13.2. The Balaban J connectivity index is 1.74. The number of ketones is 1. The molecule has 41 heavy (non-hydrogen) atoms. The number of aliphatic hydroxyl groups is 3. The minimum Gasteiger partial charge on any atom is -0.461 e. The van der Waals surface area contributed by atoms with Crippen molar-refractivity contribution in [1.82, 2.24) is 4.90 Å². The molecule has 230 valence electrons. The molecular formula is C32H49NO8. The number of allylic oxidation sites excluding steroid dienone is 1. The molecule has 0 aromatic heterocycles. The smallest absolute Gasteiger partial charge is 0.330 e. The van der Waals surface area contributed by atoms with Gasteiger partial charge in [0.25, 0.3) is 0 Å². The van der Waals surface area contributed by atoms with E-state index in [4.69, 9.17) is 9.47 Å². The number of nitrogens with zero attached hydrogens (tertiary/aromatic N) is 1. The van der Waals surface area contributed by atoms with Crippen LogP contribution in [0.5, 0.6) is 0 Å². The van der Waals surface area contributed by atoms with Crippen molar-refractivity contribution in [2.45, 2.75) is 115 Å². The lowest BCUT2D eigenvalue weighted by Crippen LogP contribution is -2.78. The first-order valence-corrected chi connectivity index (χ1v) is 15.0. The van der Waals surface area contributed by atoms with E-state index in [1.807, 2.05) is 40.9 Å². The highest BCUT2D eigenvalue weighted by atomic mass is 16.6. The second-order valence-electron chi connectivity index (χ2n) is 14.1. The molecule has 0 unspecified atom stereocenters. The average molecular weight is 576 g/mol. The Kier molecular flexibility index (Phi) is 8.22. The van der Waals surface area contributed by atoms with Crippen molar-refractivity contribution in [3.05, 3.63) is 23.3 Å². The fraction of sp³-hybridized carbons (Fsp3) is 0.781. The van der Waals surface area contributed by atoms with E-state index >= 15 is 0 Å². The summed E-state index contributed by atoms with van der Waals surface area (Å²) in [5.41, 5.74) is -5.87. The summed E-state index contributed by atoms with van der Waals surface area (Å²) in [5, 5.41) is 36.9. The second-order valence-corrected chi connectivity index (χ2v) is 14.1. The monoisotopic (exact) mass is 575 g/mol. The van der Waals surface area contributed by atoms with E-state index < -0.39 is 51.4 Å². The number of carbonyl (C=O) groups excluding carboxylic acids is 3. The summed E-state index contributed by atoms with van der Waals surface area (Å²) in [5.74, 6) is -1.80. The van der Waals surface area contributed by atoms with E-state index in [1.165, 1.54) is 13.0 Å². The Bertz CT molecular complexity index is 1160. The molecule has 4 aliphatic carbocycles. The third-order valence-electron chi connectivity index (χ3n) is 11.4. The van der Waals surface area contributed by atoms with Gasteiger partial charge >= 0.3 is 11.9 Å². The van der Waals surface area contributed by atoms with E-state index in [0.717, 1.165) is 11.1 Å². The quantitative estimate of drug-likeness (QED) is 0.238. The Morgan fingerprint density at radius 1 is 1.07 bits per heavy atom. The van der Waals surface area contributed by atoms with Crippen LogP contribution in [0.1, 0.15) is 86.5 Å². The summed E-state index contributed by atoms with van der Waals surface area (Å²) in [4.78, 5) is 40.3. The van der Waals surface area contributed by atoms with E-state index in [0.29, 0.717) is 19.3 Å². The fourth-order valence-electron chi connectivity index (χ4n) is 8.46. The summed E-state index contributed by atoms with van der Waals surface area (Å²) in [6.45, 7) is 10.9. The van der Waals surface area contributed by atoms with E-state index in [2.05, 4.69) is 6.92 Å². The van der Waals surface area contributed by atoms with Gasteiger partial charge in [-0.05, 0) is 84.7 Å². The zero-order valence-electron chi connectivity index (χ0n) is 26.0. The number of hydrogen-bond donors (Lipinski definition) is 3. The lowest BCUT2D eigenvalue weighted by Gasteiger charge is -2.67. The molecule has 0 aromatic carbocycles. The van der Waals surface area contributed by atoms with Gasteiger partial charge in [-0.25, -0.2) is 4.79 Å². The van der Waals surface area contributed by atoms with Gasteiger partial charge in [-0.15, -0.1) is 0 Å². The number of ether oxygens (including phenoxy) is 2. The van der Waals surface area contributed by atoms with Gasteiger partial charge < -0.3 is 24.8 Å². The van der Waals surface area contributed by atoms with Gasteiger partial charge in [0.15, 0.2) is 5.78 Å². The number of rotatable bonds is 7. The van der Waals surface area contributed by atoms with Crippen molar-refractivity contribution in [3.8, 4) is 0 Å². The maximum atomic E-state index is 13.2. The molecule has 0 aliphatic heterocycles. The van der Waals surface area contributed by atoms with Gasteiger partial charge in [-0.1, -0.05) is 38.0 Å². The van der Waals surface area contributed by atoms with E-state index in [-0.39, 0.29) is 50.2 Å². The van der Waals surface area contributed by atoms with Crippen LogP contribution in [-0.2, 0) is 23.9 Å². The molecule has 4 rings (SSSR count). The van der Waals surface area contributed by atoms with Crippen LogP contribution < -0.4 is 0 Å². The molecule has 9 heteroatoms. The molecule has 8 atom stereocenters. The standard InChI is InChI=1S/C32H49NO8/c1-19(2)20(3)15-26(35)41-25-17-24-28(5)11-10-23(40-27(36)18-33(7)8)16-22(28)9-12-31(24,38)32(39)14-13-30(37,21(4)34)29(25,32)6/h9,15,19,23-25,37-39H,10-14,16-18H2,1-8H3/b20-15+/t23-,24+,25+,28-,29+,30+,31-,32+/m0/s1. The molecule has 3 N–H and O–H groups in total. The second kappa shape index (κ2) is 10.6. The summed E-state index contributed by atoms with van der Waals surface area (Å²) in [6.07, 6.45) is 4.03. The topological polar surface area (TPSA) is 134 Å². The lowest BCUT2D eigenvalue weighted by molar-refractivity contribution is -0.314. The van der Waals surface area contributed by atoms with E-state index in [9.17, 15) is 29.7 Å². The first kappa shape index (κ1) is 31.9. The Morgan fingerprint density at radius 3 is 2.32 bits per heavy atom. The molecule has 9 nitrogen and oxygen atoms in total. The van der Waals surface area contributed by atoms with Crippen LogP contribution in [0.2, 0.25) is 0 Å². The number of carbonyl (C=O) groups is 3. The molecule has 0 heterocycles. The molecule has 0 spiro atoms. The first-order valence-electron chi connectivity index (χ1n) is 15.0. The van der Waals surface area contributed by atoms with Crippen LogP contribution in [0, 0.1) is 22.7 Å². The molecule has 0 bridgehead atoms. The van der Waals surface area contributed by atoms with Crippen LogP contribution in [0.4, 0.5) is 0 Å². The van der Waals surface area contributed by atoms with Gasteiger partial charge in [-0.3, -0.25) is 14.5 Å². The van der Waals surface area contributed by atoms with Crippen LogP contribution in [0.3, 0.4) is 0 Å². The van der Waals surface area contributed by atoms with Crippen LogP contribution in [0.25, 0.3) is 0 Å². The molecule has 3 saturated carbocycles. The number of hydrogen-bond acceptors (Lipinski definition) is 9. The lowest BCUT2D eigenvalue weighted by atomic mass is 9.42. The predicted octanol–water partition coefficient (Wildman–Crippen LogP) is 3.10. The number of Topliss-reactive ketones (excluding diaryl/α,β-unsaturated/α-hetero) is 1. The van der Waals surface area contributed by atoms with E-state index in [1.54, 1.807) is 11.8 Å². The van der Waals surface area contributed by atoms with Gasteiger partial charge in [0, 0.05) is 18.4 Å². The Morgan fingerprint density at radius 2 is 1.73 bits per heavy atom. The van der Waals surface area contributed by atoms with Crippen molar-refractivity contribution >= 4 is 17.7 Å². The van der Waals surface area contributed by atoms with Crippen molar-refractivity contribution in [1.29, 1.82) is 0 Å². The molecular weight excluding hydrogens is 526 g/mol. The summed E-state index contributed by atoms with van der Waals surface area (Å²) in [7, 11) is 3.62. The normalized spacial score (nSPS) is 42.2. The maximum Gasteiger partial charge on any atom is 0.330 e. The fourth-order valence-corrected chi connectivity index (χ4v) is 8.46. The minimum absolute atomic E-state index is 0.00841. The van der Waals surface area contributed by atoms with Crippen molar-refractivity contribution < 1.29 is 39.2 Å². The molecule has 0 aromatic rings. The SMILES string of the molecule is CC(=O)[C@]1(O)CC[C@@]2(O)[C@]1(C)[C@H](OC(=O)/C=C(\C)C(C)C)C[C@@H]1[C@@]3(C)CC[C@H](OC(=O)CN(C)C)CC3=CC[C@]12O. The number of fused-ring (bicyclic) bond motifs is 5. The van der Waals surface area contributed by atoms with Gasteiger partial charge in [0.2, 0.25) is 0 Å². The highest BCUT2D eigenvalue weighted by Crippen LogP contribution is 2.71. The molecule has 0 saturated heterocycles. The first-order chi connectivity index (χ1) is 18.9. The molecule has 0 amide bonds. The molecule has 0 radical (unpaired) electrons. The van der Waals surface area contributed by atoms with Crippen molar-refractivity contribution in [3.63, 3.8) is 0 Å². The zero-order valence-corrected chi connectivity index (χ0v) is 26.0. The third-order valence-corrected chi connectivity index (χ3v) is 11.4. The van der Waals surface area contributed by atoms with Crippen LogP contribution in [0.15, 0.2) is 23.3 Å². The van der Waals surface area contributed by atoms with Gasteiger partial charge in [0.05, 0.1) is 12.0 Å². The number of esters is 2. The Labute approximate surface area is 244 Å². The highest BCUT2D eigenvalue weighted by Gasteiger charge is 2.81. The summed E-state index contributed by atoms with van der Waals surface area (Å²) in [6, 6.07) is 0. The van der Waals surface area contributed by atoms with Crippen molar-refractivity contribution in [2.75, 3.05) is 20.6 Å². The largest absolute Gasteiger partial charge is 0.461 e. The Hall–Kier alpha value is -2.07. The predicted molar refractivity (Wildman–Crippen MR) is 153 cm³/mol. The minimum atomic E-state index is -1.98. The van der Waals surface area contributed by atoms with Crippen LogP contribution >= 0.6 is 0 Å². The van der Waals surface area contributed by atoms with Crippen molar-refractivity contribution in [2.24, 2.45) is 22.7 Å². The zero-order chi connectivity index (χ0) is 30.8.